The van der Waals surface area contributed by atoms with Gasteiger partial charge in [-0.05, 0) is 48.9 Å². The van der Waals surface area contributed by atoms with Crippen molar-refractivity contribution in [2.75, 3.05) is 44.8 Å². The normalized spacial score (nSPS) is 14.6. The first-order valence-corrected chi connectivity index (χ1v) is 11.6. The Hall–Kier alpha value is -2.66. The van der Waals surface area contributed by atoms with Gasteiger partial charge in [0.05, 0.1) is 18.1 Å². The van der Waals surface area contributed by atoms with Crippen LogP contribution in [-0.4, -0.2) is 64.1 Å². The molecule has 0 spiro atoms. The number of halogens is 1. The van der Waals surface area contributed by atoms with E-state index < -0.39 is 28.5 Å². The van der Waals surface area contributed by atoms with Gasteiger partial charge in [-0.15, -0.1) is 0 Å². The fourth-order valence-electron chi connectivity index (χ4n) is 2.94. The maximum Gasteiger partial charge on any atom is 0.344 e. The third-order valence-electron chi connectivity index (χ3n) is 4.59. The SMILES string of the molecule is Cc1ccc(NC(=O)COC(=O)COc2ccc(Cl)cc2)cc1S(=O)(=O)N1CCOCC1. The molecule has 1 amide bonds. The molecular weight excluding hydrogens is 460 g/mol. The van der Waals surface area contributed by atoms with Crippen LogP contribution in [0.15, 0.2) is 47.4 Å². The number of nitrogens with one attached hydrogen (secondary N) is 1. The van der Waals surface area contributed by atoms with Gasteiger partial charge in [-0.25, -0.2) is 13.2 Å². The number of hydrogen-bond donors (Lipinski definition) is 1. The Morgan fingerprint density at radius 3 is 2.47 bits per heavy atom. The molecule has 0 unspecified atom stereocenters. The van der Waals surface area contributed by atoms with Gasteiger partial charge in [0.2, 0.25) is 10.0 Å². The zero-order valence-corrected chi connectivity index (χ0v) is 18.9. The molecule has 0 saturated carbocycles. The number of aryl methyl sites for hydroxylation is 1. The summed E-state index contributed by atoms with van der Waals surface area (Å²) < 4.78 is 42.6. The minimum Gasteiger partial charge on any atom is -0.482 e. The highest BCUT2D eigenvalue weighted by atomic mass is 35.5. The molecule has 1 saturated heterocycles. The highest BCUT2D eigenvalue weighted by molar-refractivity contribution is 7.89. The van der Waals surface area contributed by atoms with Gasteiger partial charge in [-0.3, -0.25) is 4.79 Å². The molecule has 11 heteroatoms. The van der Waals surface area contributed by atoms with Gasteiger partial charge >= 0.3 is 5.97 Å². The summed E-state index contributed by atoms with van der Waals surface area (Å²) in [6.45, 7) is 1.98. The number of anilines is 1. The first kappa shape index (κ1) is 24.0. The van der Waals surface area contributed by atoms with Gasteiger partial charge in [-0.2, -0.15) is 4.31 Å². The van der Waals surface area contributed by atoms with E-state index in [2.05, 4.69) is 5.32 Å². The van der Waals surface area contributed by atoms with Crippen LogP contribution in [0.25, 0.3) is 0 Å². The van der Waals surface area contributed by atoms with Crippen molar-refractivity contribution < 1.29 is 32.2 Å². The molecule has 32 heavy (non-hydrogen) atoms. The lowest BCUT2D eigenvalue weighted by Gasteiger charge is -2.26. The minimum atomic E-state index is -3.72. The predicted molar refractivity (Wildman–Crippen MR) is 117 cm³/mol. The minimum absolute atomic E-state index is 0.102. The topological polar surface area (TPSA) is 111 Å². The van der Waals surface area contributed by atoms with Crippen molar-refractivity contribution >= 4 is 39.2 Å². The summed E-state index contributed by atoms with van der Waals surface area (Å²) >= 11 is 5.78. The molecule has 1 aliphatic rings. The van der Waals surface area contributed by atoms with E-state index in [1.165, 1.54) is 10.4 Å². The Balaban J connectivity index is 1.54. The van der Waals surface area contributed by atoms with Gasteiger partial charge in [0, 0.05) is 23.8 Å². The molecular formula is C21H23ClN2O7S. The number of sulfonamides is 1. The number of ether oxygens (including phenoxy) is 3. The summed E-state index contributed by atoms with van der Waals surface area (Å²) in [5.41, 5.74) is 0.834. The largest absolute Gasteiger partial charge is 0.482 e. The Morgan fingerprint density at radius 1 is 1.09 bits per heavy atom. The number of benzene rings is 2. The van der Waals surface area contributed by atoms with Gasteiger partial charge in [0.15, 0.2) is 13.2 Å². The van der Waals surface area contributed by atoms with Crippen molar-refractivity contribution in [1.29, 1.82) is 0 Å². The van der Waals surface area contributed by atoms with E-state index in [1.807, 2.05) is 0 Å². The Morgan fingerprint density at radius 2 is 1.78 bits per heavy atom. The van der Waals surface area contributed by atoms with Crippen LogP contribution in [0.5, 0.6) is 5.75 Å². The molecule has 2 aromatic rings. The van der Waals surface area contributed by atoms with Crippen LogP contribution in [0.3, 0.4) is 0 Å². The van der Waals surface area contributed by atoms with Crippen molar-refractivity contribution in [2.45, 2.75) is 11.8 Å². The summed E-state index contributed by atoms with van der Waals surface area (Å²) in [6, 6.07) is 11.0. The average Bonchev–Trinajstić information content (AvgIpc) is 2.79. The Labute approximate surface area is 191 Å². The predicted octanol–water partition coefficient (Wildman–Crippen LogP) is 2.23. The number of amides is 1. The average molecular weight is 483 g/mol. The molecule has 1 heterocycles. The molecule has 0 aromatic heterocycles. The number of morpholine rings is 1. The smallest absolute Gasteiger partial charge is 0.344 e. The molecule has 1 N–H and O–H groups in total. The van der Waals surface area contributed by atoms with E-state index in [0.717, 1.165) is 0 Å². The number of rotatable bonds is 8. The molecule has 3 rings (SSSR count). The molecule has 1 fully saturated rings. The van der Waals surface area contributed by atoms with Crippen molar-refractivity contribution in [2.24, 2.45) is 0 Å². The third-order valence-corrected chi connectivity index (χ3v) is 6.89. The maximum absolute atomic E-state index is 12.9. The summed E-state index contributed by atoms with van der Waals surface area (Å²) in [4.78, 5) is 24.1. The Bertz CT molecular complexity index is 1070. The summed E-state index contributed by atoms with van der Waals surface area (Å²) in [5, 5.41) is 3.08. The number of esters is 1. The molecule has 9 nitrogen and oxygen atoms in total. The summed E-state index contributed by atoms with van der Waals surface area (Å²) in [7, 11) is -3.72. The van der Waals surface area contributed by atoms with Crippen LogP contribution in [0.1, 0.15) is 5.56 Å². The van der Waals surface area contributed by atoms with Crippen molar-refractivity contribution in [3.8, 4) is 5.75 Å². The van der Waals surface area contributed by atoms with E-state index in [9.17, 15) is 18.0 Å². The van der Waals surface area contributed by atoms with Crippen LogP contribution >= 0.6 is 11.6 Å². The highest BCUT2D eigenvalue weighted by Crippen LogP contribution is 2.24. The maximum atomic E-state index is 12.9. The fraction of sp³-hybridized carbons (Fsp3) is 0.333. The van der Waals surface area contributed by atoms with Crippen molar-refractivity contribution in [3.05, 3.63) is 53.1 Å². The molecule has 1 aliphatic heterocycles. The lowest BCUT2D eigenvalue weighted by atomic mass is 10.2. The zero-order chi connectivity index (χ0) is 23.1. The quantitative estimate of drug-likeness (QED) is 0.574. The van der Waals surface area contributed by atoms with Crippen LogP contribution in [0, 0.1) is 6.92 Å². The van der Waals surface area contributed by atoms with E-state index in [1.54, 1.807) is 43.3 Å². The number of hydrogen-bond acceptors (Lipinski definition) is 7. The summed E-state index contributed by atoms with van der Waals surface area (Å²) in [6.07, 6.45) is 0. The first-order chi connectivity index (χ1) is 15.3. The van der Waals surface area contributed by atoms with Gasteiger partial charge in [0.25, 0.3) is 5.91 Å². The number of carbonyl (C=O) groups excluding carboxylic acids is 2. The van der Waals surface area contributed by atoms with Gasteiger partial charge < -0.3 is 19.5 Å². The molecule has 0 aliphatic carbocycles. The van der Waals surface area contributed by atoms with Crippen LogP contribution in [0.4, 0.5) is 5.69 Å². The molecule has 172 valence electrons. The highest BCUT2D eigenvalue weighted by Gasteiger charge is 2.28. The molecule has 0 atom stereocenters. The second-order valence-electron chi connectivity index (χ2n) is 6.95. The standard InChI is InChI=1S/C21H23ClN2O7S/c1-15-2-5-17(12-19(15)32(27,28)24-8-10-29-11-9-24)23-20(25)13-31-21(26)14-30-18-6-3-16(22)4-7-18/h2-7,12H,8-11,13-14H2,1H3,(H,23,25). The van der Waals surface area contributed by atoms with E-state index in [0.29, 0.717) is 29.5 Å². The van der Waals surface area contributed by atoms with Crippen molar-refractivity contribution in [3.63, 3.8) is 0 Å². The van der Waals surface area contributed by atoms with Gasteiger partial charge in [-0.1, -0.05) is 17.7 Å². The van der Waals surface area contributed by atoms with Crippen molar-refractivity contribution in [1.82, 2.24) is 4.31 Å². The fourth-order valence-corrected chi connectivity index (χ4v) is 4.72. The van der Waals surface area contributed by atoms with Crippen LogP contribution in [-0.2, 0) is 29.1 Å². The van der Waals surface area contributed by atoms with E-state index in [-0.39, 0.29) is 30.3 Å². The van der Waals surface area contributed by atoms with Gasteiger partial charge in [0.1, 0.15) is 5.75 Å². The summed E-state index contributed by atoms with van der Waals surface area (Å²) in [5.74, 6) is -0.900. The number of carbonyl (C=O) groups is 2. The monoisotopic (exact) mass is 482 g/mol. The molecule has 0 radical (unpaired) electrons. The zero-order valence-electron chi connectivity index (χ0n) is 17.4. The number of nitrogens with zero attached hydrogens (tertiary/aromatic N) is 1. The molecule has 0 bridgehead atoms. The lowest BCUT2D eigenvalue weighted by molar-refractivity contribution is -0.149. The lowest BCUT2D eigenvalue weighted by Crippen LogP contribution is -2.40. The second-order valence-corrected chi connectivity index (χ2v) is 9.29. The van der Waals surface area contributed by atoms with E-state index >= 15 is 0 Å². The van der Waals surface area contributed by atoms with Crippen LogP contribution < -0.4 is 10.1 Å². The molecule has 2 aromatic carbocycles. The van der Waals surface area contributed by atoms with Crippen LogP contribution in [0.2, 0.25) is 5.02 Å². The first-order valence-electron chi connectivity index (χ1n) is 9.78. The second kappa shape index (κ2) is 10.8. The van der Waals surface area contributed by atoms with E-state index in [4.69, 9.17) is 25.8 Å². The Kier molecular flexibility index (Phi) is 8.08. The third kappa shape index (κ3) is 6.42.